The monoisotopic (exact) mass is 336 g/mol. The Balaban J connectivity index is 2.25. The summed E-state index contributed by atoms with van der Waals surface area (Å²) in [7, 11) is 0. The lowest BCUT2D eigenvalue weighted by Crippen LogP contribution is -2.07. The number of hydrogen-bond donors (Lipinski definition) is 0. The van der Waals surface area contributed by atoms with Crippen LogP contribution in [0.25, 0.3) is 0 Å². The Labute approximate surface area is 129 Å². The van der Waals surface area contributed by atoms with Gasteiger partial charge in [-0.05, 0) is 54.2 Å². The summed E-state index contributed by atoms with van der Waals surface area (Å²) >= 11 is 3.65. The Morgan fingerprint density at radius 2 is 1.85 bits per heavy atom. The van der Waals surface area contributed by atoms with Crippen LogP contribution in [0, 0.1) is 13.8 Å². The zero-order chi connectivity index (χ0) is 14.7. The highest BCUT2D eigenvalue weighted by atomic mass is 79.9. The van der Waals surface area contributed by atoms with Crippen molar-refractivity contribution in [2.75, 3.05) is 0 Å². The predicted octanol–water partition coefficient (Wildman–Crippen LogP) is 4.42. The smallest absolute Gasteiger partial charge is 0.131 e. The average Bonchev–Trinajstić information content (AvgIpc) is 2.74. The molecular formula is C16H21BrN2O. The highest BCUT2D eigenvalue weighted by molar-refractivity contribution is 9.10. The fourth-order valence-corrected chi connectivity index (χ4v) is 3.00. The van der Waals surface area contributed by atoms with Gasteiger partial charge < -0.3 is 4.74 Å². The number of halogens is 1. The third-order valence-corrected chi connectivity index (χ3v) is 4.37. The predicted molar refractivity (Wildman–Crippen MR) is 85.2 cm³/mol. The molecule has 0 aliphatic carbocycles. The highest BCUT2D eigenvalue weighted by Gasteiger charge is 2.15. The van der Waals surface area contributed by atoms with Gasteiger partial charge in [-0.2, -0.15) is 5.10 Å². The zero-order valence-corrected chi connectivity index (χ0v) is 14.1. The second-order valence-electron chi connectivity index (χ2n) is 4.89. The highest BCUT2D eigenvalue weighted by Crippen LogP contribution is 2.27. The van der Waals surface area contributed by atoms with E-state index in [9.17, 15) is 0 Å². The van der Waals surface area contributed by atoms with Crippen LogP contribution in [0.5, 0.6) is 5.75 Å². The average molecular weight is 337 g/mol. The molecule has 0 aliphatic rings. The van der Waals surface area contributed by atoms with Gasteiger partial charge in [0.1, 0.15) is 12.4 Å². The van der Waals surface area contributed by atoms with Crippen molar-refractivity contribution in [1.29, 1.82) is 0 Å². The standard InChI is InChI=1S/C16H21BrN2O/c1-5-13-15(17)14(19(6-2)18-13)10-20-16-11(3)8-7-9-12(16)4/h7-9H,5-6,10H2,1-4H3. The van der Waals surface area contributed by atoms with Crippen molar-refractivity contribution in [3.8, 4) is 5.75 Å². The molecule has 0 saturated heterocycles. The van der Waals surface area contributed by atoms with E-state index in [1.54, 1.807) is 0 Å². The number of hydrogen-bond acceptors (Lipinski definition) is 2. The number of aryl methyl sites for hydroxylation is 4. The number of para-hydroxylation sites is 1. The number of ether oxygens (including phenoxy) is 1. The summed E-state index contributed by atoms with van der Waals surface area (Å²) in [5.41, 5.74) is 4.53. The van der Waals surface area contributed by atoms with Crippen LogP contribution in [0.3, 0.4) is 0 Å². The fourth-order valence-electron chi connectivity index (χ4n) is 2.32. The Morgan fingerprint density at radius 3 is 2.40 bits per heavy atom. The van der Waals surface area contributed by atoms with Crippen LogP contribution in [-0.4, -0.2) is 9.78 Å². The molecule has 2 aromatic rings. The molecule has 0 amide bonds. The van der Waals surface area contributed by atoms with E-state index in [4.69, 9.17) is 4.74 Å². The zero-order valence-electron chi connectivity index (χ0n) is 12.5. The molecule has 1 heterocycles. The fraction of sp³-hybridized carbons (Fsp3) is 0.438. The molecule has 0 bridgehead atoms. The van der Waals surface area contributed by atoms with Crippen LogP contribution < -0.4 is 4.74 Å². The van der Waals surface area contributed by atoms with Crippen molar-refractivity contribution >= 4 is 15.9 Å². The Bertz CT molecular complexity index is 585. The topological polar surface area (TPSA) is 27.1 Å². The van der Waals surface area contributed by atoms with Gasteiger partial charge in [0.2, 0.25) is 0 Å². The Kier molecular flexibility index (Phi) is 4.86. The van der Waals surface area contributed by atoms with E-state index >= 15 is 0 Å². The summed E-state index contributed by atoms with van der Waals surface area (Å²) in [5, 5.41) is 4.59. The summed E-state index contributed by atoms with van der Waals surface area (Å²) in [6, 6.07) is 6.21. The molecule has 0 N–H and O–H groups in total. The first-order valence-electron chi connectivity index (χ1n) is 7.01. The minimum Gasteiger partial charge on any atom is -0.487 e. The maximum absolute atomic E-state index is 6.04. The SMILES string of the molecule is CCc1nn(CC)c(COc2c(C)cccc2C)c1Br. The normalized spacial score (nSPS) is 10.8. The van der Waals surface area contributed by atoms with Crippen LogP contribution in [0.2, 0.25) is 0 Å². The maximum atomic E-state index is 6.04. The van der Waals surface area contributed by atoms with E-state index in [-0.39, 0.29) is 0 Å². The third kappa shape index (κ3) is 2.90. The lowest BCUT2D eigenvalue weighted by molar-refractivity contribution is 0.288. The molecule has 0 spiro atoms. The molecular weight excluding hydrogens is 316 g/mol. The molecule has 3 nitrogen and oxygen atoms in total. The molecule has 20 heavy (non-hydrogen) atoms. The lowest BCUT2D eigenvalue weighted by Gasteiger charge is -2.13. The van der Waals surface area contributed by atoms with E-state index in [2.05, 4.69) is 66.9 Å². The van der Waals surface area contributed by atoms with Gasteiger partial charge in [0, 0.05) is 6.54 Å². The van der Waals surface area contributed by atoms with Crippen LogP contribution in [0.4, 0.5) is 0 Å². The largest absolute Gasteiger partial charge is 0.487 e. The molecule has 0 aliphatic heterocycles. The van der Waals surface area contributed by atoms with Gasteiger partial charge in [0.05, 0.1) is 15.9 Å². The molecule has 0 fully saturated rings. The molecule has 1 aromatic heterocycles. The van der Waals surface area contributed by atoms with Gasteiger partial charge in [-0.25, -0.2) is 0 Å². The summed E-state index contributed by atoms with van der Waals surface area (Å²) in [5.74, 6) is 0.973. The van der Waals surface area contributed by atoms with Gasteiger partial charge in [-0.1, -0.05) is 25.1 Å². The quantitative estimate of drug-likeness (QED) is 0.807. The summed E-state index contributed by atoms with van der Waals surface area (Å²) in [6.07, 6.45) is 0.921. The minimum atomic E-state index is 0.535. The van der Waals surface area contributed by atoms with Crippen molar-refractivity contribution in [3.05, 3.63) is 45.2 Å². The Hall–Kier alpha value is -1.29. The van der Waals surface area contributed by atoms with Gasteiger partial charge in [0.25, 0.3) is 0 Å². The third-order valence-electron chi connectivity index (χ3n) is 3.46. The molecule has 0 unspecified atom stereocenters. The molecule has 1 aromatic carbocycles. The Morgan fingerprint density at radius 1 is 1.20 bits per heavy atom. The molecule has 2 rings (SSSR count). The molecule has 0 atom stereocenters. The molecule has 0 saturated carbocycles. The number of aromatic nitrogens is 2. The number of rotatable bonds is 5. The van der Waals surface area contributed by atoms with Crippen molar-refractivity contribution < 1.29 is 4.74 Å². The summed E-state index contributed by atoms with van der Waals surface area (Å²) in [6.45, 7) is 9.75. The van der Waals surface area contributed by atoms with Gasteiger partial charge in [0.15, 0.2) is 0 Å². The van der Waals surface area contributed by atoms with E-state index in [1.807, 2.05) is 4.68 Å². The van der Waals surface area contributed by atoms with Gasteiger partial charge in [-0.3, -0.25) is 4.68 Å². The van der Waals surface area contributed by atoms with Crippen molar-refractivity contribution in [1.82, 2.24) is 9.78 Å². The van der Waals surface area contributed by atoms with Crippen molar-refractivity contribution in [2.45, 2.75) is 47.3 Å². The number of benzene rings is 1. The first kappa shape index (κ1) is 15.1. The number of nitrogens with zero attached hydrogens (tertiary/aromatic N) is 2. The lowest BCUT2D eigenvalue weighted by atomic mass is 10.1. The molecule has 108 valence electrons. The summed E-state index contributed by atoms with van der Waals surface area (Å²) < 4.78 is 9.13. The van der Waals surface area contributed by atoms with Crippen LogP contribution >= 0.6 is 15.9 Å². The van der Waals surface area contributed by atoms with E-state index in [0.717, 1.165) is 34.6 Å². The molecule has 4 heteroatoms. The maximum Gasteiger partial charge on any atom is 0.131 e. The van der Waals surface area contributed by atoms with Crippen LogP contribution in [0.1, 0.15) is 36.4 Å². The molecule has 0 radical (unpaired) electrons. The second-order valence-corrected chi connectivity index (χ2v) is 5.68. The van der Waals surface area contributed by atoms with Crippen molar-refractivity contribution in [3.63, 3.8) is 0 Å². The van der Waals surface area contributed by atoms with E-state index in [1.165, 1.54) is 11.1 Å². The minimum absolute atomic E-state index is 0.535. The van der Waals surface area contributed by atoms with Gasteiger partial charge in [-0.15, -0.1) is 0 Å². The second kappa shape index (κ2) is 6.44. The van der Waals surface area contributed by atoms with E-state index in [0.29, 0.717) is 6.61 Å². The van der Waals surface area contributed by atoms with Crippen LogP contribution in [0.15, 0.2) is 22.7 Å². The summed E-state index contributed by atoms with van der Waals surface area (Å²) in [4.78, 5) is 0. The van der Waals surface area contributed by atoms with E-state index < -0.39 is 0 Å². The first-order chi connectivity index (χ1) is 9.58. The van der Waals surface area contributed by atoms with Crippen LogP contribution in [-0.2, 0) is 19.6 Å². The first-order valence-corrected chi connectivity index (χ1v) is 7.80. The van der Waals surface area contributed by atoms with Gasteiger partial charge >= 0.3 is 0 Å². The van der Waals surface area contributed by atoms with Crippen molar-refractivity contribution in [2.24, 2.45) is 0 Å².